The molecule has 10 heteroatoms. The number of pyridine rings is 6. The van der Waals surface area contributed by atoms with Crippen molar-refractivity contribution >= 4 is 28.0 Å². The molecule has 6 aromatic carbocycles. The molecule has 2 atom stereocenters. The summed E-state index contributed by atoms with van der Waals surface area (Å²) in [5.74, 6) is 0. The predicted molar refractivity (Wildman–Crippen MR) is 325 cm³/mol. The first-order chi connectivity index (χ1) is 39.0. The van der Waals surface area contributed by atoms with E-state index in [0.717, 1.165) is 11.1 Å². The van der Waals surface area contributed by atoms with Crippen molar-refractivity contribution in [3.63, 3.8) is 0 Å². The van der Waals surface area contributed by atoms with Crippen LogP contribution < -0.4 is 32.1 Å². The van der Waals surface area contributed by atoms with E-state index in [4.69, 9.17) is 0 Å². The summed E-state index contributed by atoms with van der Waals surface area (Å²) in [6, 6.07) is 96.5. The second-order valence-electron chi connectivity index (χ2n) is 16.8. The van der Waals surface area contributed by atoms with Gasteiger partial charge in [-0.15, -0.1) is 12.2 Å². The third-order valence-electron chi connectivity index (χ3n) is 11.1. The molecule has 0 aliphatic rings. The third kappa shape index (κ3) is 28.2. The van der Waals surface area contributed by atoms with Gasteiger partial charge in [-0.3, -0.25) is 29.9 Å². The third-order valence-corrected chi connectivity index (χ3v) is 11.1. The van der Waals surface area contributed by atoms with Gasteiger partial charge in [0.15, 0.2) is 0 Å². The molecular formula is C70H68BHoN6O2. The largest absolute Gasteiger partial charge is 3.00 e. The molecule has 80 heavy (non-hydrogen) atoms. The van der Waals surface area contributed by atoms with Crippen molar-refractivity contribution in [1.82, 2.24) is 29.9 Å². The predicted octanol–water partition coefficient (Wildman–Crippen LogP) is 11.8. The zero-order chi connectivity index (χ0) is 55.8. The molecule has 0 radical (unpaired) electrons. The van der Waals surface area contributed by atoms with Gasteiger partial charge in [0.1, 0.15) is 6.15 Å². The minimum Gasteiger partial charge on any atom is -0.849 e. The van der Waals surface area contributed by atoms with E-state index in [1.54, 1.807) is 88.2 Å². The van der Waals surface area contributed by atoms with Crippen molar-refractivity contribution in [3.05, 3.63) is 377 Å². The Morgan fingerprint density at radius 2 is 0.362 bits per heavy atom. The van der Waals surface area contributed by atoms with Crippen LogP contribution in [0.1, 0.15) is 37.2 Å². The summed E-state index contributed by atoms with van der Waals surface area (Å²) in [5.41, 5.74) is 7.07. The topological polar surface area (TPSA) is 123 Å². The van der Waals surface area contributed by atoms with E-state index in [1.165, 1.54) is 21.9 Å². The maximum atomic E-state index is 10.7. The Labute approximate surface area is 504 Å². The maximum Gasteiger partial charge on any atom is 3.00 e. The zero-order valence-corrected chi connectivity index (χ0v) is 47.1. The Balaban J connectivity index is 0.000000256. The molecule has 0 amide bonds. The molecule has 0 unspecified atom stereocenters. The van der Waals surface area contributed by atoms with Crippen molar-refractivity contribution < 1.29 is 48.0 Å². The monoisotopic (exact) mass is 1200 g/mol. The molecule has 6 aromatic heterocycles. The van der Waals surface area contributed by atoms with Crippen LogP contribution in [0.3, 0.4) is 0 Å². The van der Waals surface area contributed by atoms with Gasteiger partial charge in [-0.05, 0) is 72.8 Å². The minimum atomic E-state index is -1.22. The van der Waals surface area contributed by atoms with Crippen LogP contribution >= 0.6 is 0 Å². The molecule has 0 bridgehead atoms. The van der Waals surface area contributed by atoms with Crippen LogP contribution in [-0.2, 0) is 0 Å². The molecule has 0 saturated carbocycles. The van der Waals surface area contributed by atoms with Gasteiger partial charge in [-0.2, -0.15) is 21.9 Å². The van der Waals surface area contributed by atoms with Gasteiger partial charge in [0, 0.05) is 74.4 Å². The van der Waals surface area contributed by atoms with E-state index < -0.39 is 18.4 Å². The molecular weight excluding hydrogens is 1130 g/mol. The van der Waals surface area contributed by atoms with E-state index >= 15 is 0 Å². The molecule has 0 saturated heterocycles. The van der Waals surface area contributed by atoms with Gasteiger partial charge in [0.2, 0.25) is 0 Å². The Morgan fingerprint density at radius 1 is 0.225 bits per heavy atom. The first-order valence-corrected chi connectivity index (χ1v) is 25.9. The van der Waals surface area contributed by atoms with Crippen LogP contribution in [0, 0.1) is 37.7 Å². The van der Waals surface area contributed by atoms with Gasteiger partial charge in [0.25, 0.3) is 0 Å². The molecule has 12 rings (SSSR count). The van der Waals surface area contributed by atoms with Gasteiger partial charge < -0.3 is 10.2 Å². The van der Waals surface area contributed by atoms with Gasteiger partial charge in [-0.1, -0.05) is 243 Å². The van der Waals surface area contributed by atoms with Crippen molar-refractivity contribution in [2.24, 2.45) is 0 Å². The minimum absolute atomic E-state index is 0. The second kappa shape index (κ2) is 44.4. The van der Waals surface area contributed by atoms with E-state index in [2.05, 4.69) is 151 Å². The number of hydrogen-bond acceptors (Lipinski definition) is 8. The van der Waals surface area contributed by atoms with Crippen LogP contribution in [0.15, 0.2) is 366 Å². The SMILES string of the molecule is C[C@@H]([O-])c1ccccc1.C[C@@H]([O-])c1ccccc1.[Ho+3].c1ccc([B-](c2ccccc2)(c2ccccc2)c2ccccc2)cc1.c1ccncc1.c1ccncc1.c1ccncc1.c1ccncc1.c1ccncc1.c1ccncc1. The summed E-state index contributed by atoms with van der Waals surface area (Å²) in [7, 11) is 0. The first kappa shape index (κ1) is 65.7. The van der Waals surface area contributed by atoms with Gasteiger partial charge >= 0.3 is 37.7 Å². The number of aromatic nitrogens is 6. The van der Waals surface area contributed by atoms with Crippen LogP contribution in [0.2, 0.25) is 0 Å². The molecule has 6 heterocycles. The van der Waals surface area contributed by atoms with Crippen molar-refractivity contribution in [2.75, 3.05) is 0 Å². The Kier molecular flexibility index (Phi) is 36.5. The smallest absolute Gasteiger partial charge is 0.849 e. The fourth-order valence-corrected chi connectivity index (χ4v) is 7.45. The van der Waals surface area contributed by atoms with E-state index in [0.29, 0.717) is 0 Å². The molecule has 404 valence electrons. The maximum absolute atomic E-state index is 10.7. The second-order valence-corrected chi connectivity index (χ2v) is 16.8. The summed E-state index contributed by atoms with van der Waals surface area (Å²) in [4.78, 5) is 22.7. The van der Waals surface area contributed by atoms with E-state index in [-0.39, 0.29) is 37.7 Å². The number of nitrogens with zero attached hydrogens (tertiary/aromatic N) is 6. The summed E-state index contributed by atoms with van der Waals surface area (Å²) in [6.07, 6.45) is 18.6. The first-order valence-electron chi connectivity index (χ1n) is 25.9. The Hall–Kier alpha value is -8.54. The van der Waals surface area contributed by atoms with Crippen molar-refractivity contribution in [2.45, 2.75) is 26.1 Å². The Bertz CT molecular complexity index is 2520. The number of benzene rings is 6. The molecule has 0 fully saturated rings. The molecule has 12 aromatic rings. The van der Waals surface area contributed by atoms with Crippen LogP contribution in [0.4, 0.5) is 0 Å². The normalized spacial score (nSPS) is 10.1. The molecule has 0 N–H and O–H groups in total. The van der Waals surface area contributed by atoms with Crippen LogP contribution in [-0.4, -0.2) is 36.0 Å². The number of hydrogen-bond donors (Lipinski definition) is 0. The summed E-state index contributed by atoms with van der Waals surface area (Å²) >= 11 is 0. The van der Waals surface area contributed by atoms with E-state index in [9.17, 15) is 10.2 Å². The average molecular weight is 1200 g/mol. The Morgan fingerprint density at radius 3 is 0.463 bits per heavy atom. The molecule has 0 aliphatic carbocycles. The van der Waals surface area contributed by atoms with Crippen LogP contribution in [0.5, 0.6) is 0 Å². The summed E-state index contributed by atoms with van der Waals surface area (Å²) in [6.45, 7) is 3.30. The fraction of sp³-hybridized carbons (Fsp3) is 0.0571. The van der Waals surface area contributed by atoms with Crippen molar-refractivity contribution in [3.8, 4) is 0 Å². The number of rotatable bonds is 6. The van der Waals surface area contributed by atoms with E-state index in [1.807, 2.05) is 170 Å². The van der Waals surface area contributed by atoms with Gasteiger partial charge in [0.05, 0.1) is 0 Å². The fourth-order valence-electron chi connectivity index (χ4n) is 7.45. The van der Waals surface area contributed by atoms with Gasteiger partial charge in [-0.25, -0.2) is 0 Å². The summed E-state index contributed by atoms with van der Waals surface area (Å²) in [5, 5.41) is 21.5. The molecule has 0 aliphatic heterocycles. The molecule has 8 nitrogen and oxygen atoms in total. The summed E-state index contributed by atoms with van der Waals surface area (Å²) < 4.78 is 0. The average Bonchev–Trinajstić information content (AvgIpc) is 3.61. The zero-order valence-electron chi connectivity index (χ0n) is 45.2. The standard InChI is InChI=1S/C24H20B.2C8H9O.6C5H5N.Ho/c1-5-13-21(14-6-1)25(22-15-7-2-8-16-22,23-17-9-3-10-18-23)24-19-11-4-12-20-24;2*1-7(9)8-5-3-2-4-6-8;6*1-2-4-6-5-3-1;/h1-20H;2*2-7H,1H3;6*1-5H;/q3*-1;;;;;;;+3/t;2*7-;;;;;;;/m.11......./s1. The van der Waals surface area contributed by atoms with Crippen LogP contribution in [0.25, 0.3) is 0 Å². The van der Waals surface area contributed by atoms with Crippen molar-refractivity contribution in [1.29, 1.82) is 0 Å². The molecule has 0 spiro atoms. The quantitative estimate of drug-likeness (QED) is 0.151.